The highest BCUT2D eigenvalue weighted by Gasteiger charge is 2.25. The summed E-state index contributed by atoms with van der Waals surface area (Å²) in [5.74, 6) is 2.05. The van der Waals surface area contributed by atoms with Gasteiger partial charge >= 0.3 is 0 Å². The second-order valence-corrected chi connectivity index (χ2v) is 8.35. The van der Waals surface area contributed by atoms with Crippen molar-refractivity contribution < 1.29 is 9.53 Å². The van der Waals surface area contributed by atoms with Gasteiger partial charge in [0.25, 0.3) is 5.91 Å². The fourth-order valence-electron chi connectivity index (χ4n) is 4.80. The number of likely N-dealkylation sites (tertiary alicyclic amines) is 1. The molecule has 1 aliphatic carbocycles. The van der Waals surface area contributed by atoms with Gasteiger partial charge in [-0.05, 0) is 43.7 Å². The Hall–Kier alpha value is -2.34. The van der Waals surface area contributed by atoms with E-state index in [0.29, 0.717) is 17.4 Å². The average Bonchev–Trinajstić information content (AvgIpc) is 3.23. The molecule has 2 aliphatic rings. The van der Waals surface area contributed by atoms with Gasteiger partial charge in [-0.2, -0.15) is 5.10 Å². The van der Waals surface area contributed by atoms with Crippen molar-refractivity contribution in [2.75, 3.05) is 32.1 Å². The molecule has 4 rings (SSSR count). The Bertz CT molecular complexity index is 805. The topological polar surface area (TPSA) is 59.4 Å². The molecule has 1 amide bonds. The summed E-state index contributed by atoms with van der Waals surface area (Å²) in [5, 5.41) is 7.55. The zero-order valence-corrected chi connectivity index (χ0v) is 17.3. The van der Waals surface area contributed by atoms with Crippen molar-refractivity contribution >= 4 is 11.7 Å². The number of rotatable bonds is 6. The summed E-state index contributed by atoms with van der Waals surface area (Å²) < 4.78 is 7.31. The van der Waals surface area contributed by atoms with Crippen LogP contribution in [0.3, 0.4) is 0 Å². The third-order valence-corrected chi connectivity index (χ3v) is 6.41. The molecule has 6 nitrogen and oxygen atoms in total. The van der Waals surface area contributed by atoms with Crippen LogP contribution in [0.15, 0.2) is 36.5 Å². The maximum absolute atomic E-state index is 12.8. The van der Waals surface area contributed by atoms with Crippen LogP contribution in [0.5, 0.6) is 5.75 Å². The van der Waals surface area contributed by atoms with Crippen molar-refractivity contribution in [2.45, 2.75) is 51.0 Å². The van der Waals surface area contributed by atoms with Gasteiger partial charge in [-0.3, -0.25) is 4.79 Å². The molecule has 0 unspecified atom stereocenters. The number of carbonyl (C=O) groups excluding carboxylic acids is 1. The largest absolute Gasteiger partial charge is 0.496 e. The van der Waals surface area contributed by atoms with Gasteiger partial charge in [0.1, 0.15) is 11.6 Å². The smallest absolute Gasteiger partial charge is 0.260 e. The van der Waals surface area contributed by atoms with Crippen LogP contribution in [0.4, 0.5) is 5.82 Å². The van der Waals surface area contributed by atoms with Crippen molar-refractivity contribution in [1.82, 2.24) is 14.7 Å². The van der Waals surface area contributed by atoms with E-state index in [1.165, 1.54) is 38.6 Å². The van der Waals surface area contributed by atoms with Crippen molar-refractivity contribution in [2.24, 2.45) is 5.92 Å². The molecule has 1 aliphatic heterocycles. The molecular formula is C23H32N4O2. The first-order valence-electron chi connectivity index (χ1n) is 10.9. The SMILES string of the molecule is COc1ccccc1C(=O)Nc1ccnn1C1CCN(CC2CCCCC2)CC1. The van der Waals surface area contributed by atoms with E-state index in [-0.39, 0.29) is 5.91 Å². The average molecular weight is 397 g/mol. The highest BCUT2D eigenvalue weighted by molar-refractivity contribution is 6.05. The van der Waals surface area contributed by atoms with E-state index < -0.39 is 0 Å². The lowest BCUT2D eigenvalue weighted by molar-refractivity contribution is 0.102. The van der Waals surface area contributed by atoms with E-state index in [0.717, 1.165) is 37.7 Å². The molecule has 0 bridgehead atoms. The Labute approximate surface area is 173 Å². The maximum atomic E-state index is 12.8. The summed E-state index contributed by atoms with van der Waals surface area (Å²) in [6, 6.07) is 9.49. The van der Waals surface area contributed by atoms with Gasteiger partial charge in [0.2, 0.25) is 0 Å². The Morgan fingerprint density at radius 3 is 2.62 bits per heavy atom. The first-order valence-corrected chi connectivity index (χ1v) is 10.9. The molecule has 1 aromatic heterocycles. The van der Waals surface area contributed by atoms with Crippen LogP contribution < -0.4 is 10.1 Å². The predicted octanol–water partition coefficient (Wildman–Crippen LogP) is 4.36. The van der Waals surface area contributed by atoms with Crippen molar-refractivity contribution in [3.8, 4) is 5.75 Å². The van der Waals surface area contributed by atoms with E-state index in [2.05, 4.69) is 15.3 Å². The number of amides is 1. The van der Waals surface area contributed by atoms with E-state index in [1.54, 1.807) is 25.4 Å². The summed E-state index contributed by atoms with van der Waals surface area (Å²) in [6.07, 6.45) is 11.0. The maximum Gasteiger partial charge on any atom is 0.260 e. The summed E-state index contributed by atoms with van der Waals surface area (Å²) in [4.78, 5) is 15.4. The van der Waals surface area contributed by atoms with Gasteiger partial charge in [-0.25, -0.2) is 4.68 Å². The first-order chi connectivity index (χ1) is 14.2. The Morgan fingerprint density at radius 1 is 1.10 bits per heavy atom. The van der Waals surface area contributed by atoms with Gasteiger partial charge in [0, 0.05) is 25.7 Å². The molecule has 0 spiro atoms. The van der Waals surface area contributed by atoms with Crippen molar-refractivity contribution in [3.05, 3.63) is 42.1 Å². The number of benzene rings is 1. The summed E-state index contributed by atoms with van der Waals surface area (Å²) in [7, 11) is 1.58. The number of ether oxygens (including phenoxy) is 1. The molecule has 2 aromatic rings. The standard InChI is InChI=1S/C23H32N4O2/c1-29-21-10-6-5-9-20(21)23(28)25-22-11-14-24-27(22)19-12-15-26(16-13-19)17-18-7-3-2-4-8-18/h5-6,9-11,14,18-19H,2-4,7-8,12-13,15-17H2,1H3,(H,25,28). The van der Waals surface area contributed by atoms with Gasteiger partial charge in [0.15, 0.2) is 0 Å². The second-order valence-electron chi connectivity index (χ2n) is 8.35. The zero-order valence-electron chi connectivity index (χ0n) is 17.3. The summed E-state index contributed by atoms with van der Waals surface area (Å²) in [6.45, 7) is 3.48. The third kappa shape index (κ3) is 4.81. The monoisotopic (exact) mass is 396 g/mol. The van der Waals surface area contributed by atoms with Gasteiger partial charge in [0.05, 0.1) is 24.9 Å². The fraction of sp³-hybridized carbons (Fsp3) is 0.565. The molecule has 29 heavy (non-hydrogen) atoms. The predicted molar refractivity (Wildman–Crippen MR) is 114 cm³/mol. The van der Waals surface area contributed by atoms with Gasteiger partial charge in [-0.15, -0.1) is 0 Å². The molecule has 1 aromatic carbocycles. The number of piperidine rings is 1. The Balaban J connectivity index is 1.35. The molecule has 2 fully saturated rings. The van der Waals surface area contributed by atoms with E-state index in [1.807, 2.05) is 22.9 Å². The number of nitrogens with zero attached hydrogens (tertiary/aromatic N) is 3. The minimum Gasteiger partial charge on any atom is -0.496 e. The lowest BCUT2D eigenvalue weighted by Gasteiger charge is -2.35. The Kier molecular flexibility index (Phi) is 6.49. The molecule has 0 atom stereocenters. The number of carbonyl (C=O) groups is 1. The second kappa shape index (κ2) is 9.44. The number of nitrogens with one attached hydrogen (secondary N) is 1. The number of hydrogen-bond donors (Lipinski definition) is 1. The van der Waals surface area contributed by atoms with Crippen LogP contribution >= 0.6 is 0 Å². The molecule has 1 N–H and O–H groups in total. The van der Waals surface area contributed by atoms with Crippen LogP contribution in [0.2, 0.25) is 0 Å². The highest BCUT2D eigenvalue weighted by Crippen LogP contribution is 2.29. The number of aromatic nitrogens is 2. The number of para-hydroxylation sites is 1. The van der Waals surface area contributed by atoms with Crippen molar-refractivity contribution in [3.63, 3.8) is 0 Å². The number of methoxy groups -OCH3 is 1. The molecular weight excluding hydrogens is 364 g/mol. The van der Waals surface area contributed by atoms with Crippen LogP contribution in [-0.2, 0) is 0 Å². The van der Waals surface area contributed by atoms with Crippen LogP contribution in [0, 0.1) is 5.92 Å². The summed E-state index contributed by atoms with van der Waals surface area (Å²) >= 11 is 0. The molecule has 1 saturated carbocycles. The number of hydrogen-bond acceptors (Lipinski definition) is 4. The first kappa shape index (κ1) is 20.0. The van der Waals surface area contributed by atoms with E-state index in [9.17, 15) is 4.79 Å². The lowest BCUT2D eigenvalue weighted by atomic mass is 9.88. The molecule has 2 heterocycles. The third-order valence-electron chi connectivity index (χ3n) is 6.41. The van der Waals surface area contributed by atoms with Gasteiger partial charge < -0.3 is 15.0 Å². The van der Waals surface area contributed by atoms with Crippen LogP contribution in [0.1, 0.15) is 61.3 Å². The van der Waals surface area contributed by atoms with E-state index in [4.69, 9.17) is 4.74 Å². The summed E-state index contributed by atoms with van der Waals surface area (Å²) in [5.41, 5.74) is 0.532. The minimum absolute atomic E-state index is 0.168. The molecule has 6 heteroatoms. The number of anilines is 1. The molecule has 0 radical (unpaired) electrons. The van der Waals surface area contributed by atoms with Crippen molar-refractivity contribution in [1.29, 1.82) is 0 Å². The van der Waals surface area contributed by atoms with E-state index >= 15 is 0 Å². The molecule has 156 valence electrons. The van der Waals surface area contributed by atoms with Gasteiger partial charge in [-0.1, -0.05) is 31.4 Å². The normalized spacial score (nSPS) is 19.2. The van der Waals surface area contributed by atoms with Crippen LogP contribution in [-0.4, -0.2) is 47.3 Å². The lowest BCUT2D eigenvalue weighted by Crippen LogP contribution is -2.38. The zero-order chi connectivity index (χ0) is 20.1. The highest BCUT2D eigenvalue weighted by atomic mass is 16.5. The minimum atomic E-state index is -0.168. The van der Waals surface area contributed by atoms with Crippen LogP contribution in [0.25, 0.3) is 0 Å². The Morgan fingerprint density at radius 2 is 1.86 bits per heavy atom. The fourth-order valence-corrected chi connectivity index (χ4v) is 4.80. The molecule has 1 saturated heterocycles. The quantitative estimate of drug-likeness (QED) is 0.788.